The molecule has 0 radical (unpaired) electrons. The second-order valence-corrected chi connectivity index (χ2v) is 6.04. The van der Waals surface area contributed by atoms with Gasteiger partial charge >= 0.3 is 0 Å². The molecule has 0 aliphatic rings. The minimum absolute atomic E-state index is 0. The minimum atomic E-state index is 0. The molecule has 0 saturated heterocycles. The highest BCUT2D eigenvalue weighted by molar-refractivity contribution is 9.09. The summed E-state index contributed by atoms with van der Waals surface area (Å²) >= 11 is 3.56. The van der Waals surface area contributed by atoms with Gasteiger partial charge in [0.15, 0.2) is 0 Å². The van der Waals surface area contributed by atoms with Gasteiger partial charge < -0.3 is 21.5 Å². The highest BCUT2D eigenvalue weighted by Gasteiger charge is 2.19. The molecular weight excluding hydrogens is 342 g/mol. The second kappa shape index (κ2) is 13.4. The number of hydrogen-bond donors (Lipinski definition) is 0. The molecule has 0 amide bonds. The predicted octanol–water partition coefficient (Wildman–Crippen LogP) is 1.60. The quantitative estimate of drug-likeness (QED) is 0.293. The van der Waals surface area contributed by atoms with Crippen LogP contribution in [0.1, 0.15) is 58.8 Å². The molecule has 0 aliphatic heterocycles. The van der Waals surface area contributed by atoms with Crippen LogP contribution < -0.4 is 17.0 Å². The van der Waals surface area contributed by atoms with E-state index in [1.165, 1.54) is 69.1 Å². The van der Waals surface area contributed by atoms with Crippen molar-refractivity contribution in [1.29, 1.82) is 0 Å². The topological polar surface area (TPSA) is 0 Å². The van der Waals surface area contributed by atoms with Crippen molar-refractivity contribution >= 4 is 15.9 Å². The molecule has 0 aromatic rings. The molecule has 1 nitrogen and oxygen atoms in total. The Labute approximate surface area is 128 Å². The molecule has 0 N–H and O–H groups in total. The first-order chi connectivity index (χ1) is 7.68. The van der Waals surface area contributed by atoms with Gasteiger partial charge in [-0.2, -0.15) is 0 Å². The third kappa shape index (κ3) is 11.7. The van der Waals surface area contributed by atoms with Gasteiger partial charge in [0, 0.05) is 11.8 Å². The molecule has 0 unspecified atom stereocenters. The molecule has 0 bridgehead atoms. The van der Waals surface area contributed by atoms with E-state index in [0.29, 0.717) is 0 Å². The van der Waals surface area contributed by atoms with Crippen molar-refractivity contribution in [2.45, 2.75) is 58.8 Å². The van der Waals surface area contributed by atoms with Gasteiger partial charge in [0.25, 0.3) is 0 Å². The van der Waals surface area contributed by atoms with E-state index in [1.807, 2.05) is 0 Å². The van der Waals surface area contributed by atoms with Gasteiger partial charge in [0.1, 0.15) is 0 Å². The summed E-state index contributed by atoms with van der Waals surface area (Å²) in [6.45, 7) is 8.69. The van der Waals surface area contributed by atoms with Gasteiger partial charge in [0.2, 0.25) is 0 Å². The molecule has 0 heterocycles. The van der Waals surface area contributed by atoms with Crippen LogP contribution in [0.5, 0.6) is 0 Å². The molecular formula is C14H31Br2N. The van der Waals surface area contributed by atoms with Crippen LogP contribution in [0.3, 0.4) is 0 Å². The second-order valence-electron chi connectivity index (χ2n) is 5.25. The lowest BCUT2D eigenvalue weighted by atomic mass is 10.1. The Kier molecular flexibility index (Phi) is 15.9. The van der Waals surface area contributed by atoms with Gasteiger partial charge in [-0.25, -0.2) is 0 Å². The Morgan fingerprint density at radius 1 is 0.765 bits per heavy atom. The smallest absolute Gasteiger partial charge is 0.0792 e. The molecule has 17 heavy (non-hydrogen) atoms. The summed E-state index contributed by atoms with van der Waals surface area (Å²) in [6, 6.07) is 0. The summed E-state index contributed by atoms with van der Waals surface area (Å²) in [5.74, 6) is 0. The van der Waals surface area contributed by atoms with Gasteiger partial charge in [-0.3, -0.25) is 0 Å². The first kappa shape index (κ1) is 20.2. The fourth-order valence-electron chi connectivity index (χ4n) is 2.26. The minimum Gasteiger partial charge on any atom is -1.00 e. The number of nitrogens with zero attached hydrogens (tertiary/aromatic N) is 1. The van der Waals surface area contributed by atoms with E-state index in [1.54, 1.807) is 0 Å². The number of quaternary nitrogens is 1. The number of halogens is 2. The normalized spacial score (nSPS) is 11.3. The molecule has 0 saturated carbocycles. The summed E-state index contributed by atoms with van der Waals surface area (Å²) in [5.41, 5.74) is 0. The standard InChI is InChI=1S/C14H31BrN.BrH/c1-4-6-8-12-16(3,14-10-11-15)13-9-7-5-2;/h4-14H2,1-3H3;1H/q+1;/p-1. The van der Waals surface area contributed by atoms with Gasteiger partial charge in [0.05, 0.1) is 26.7 Å². The van der Waals surface area contributed by atoms with Gasteiger partial charge in [-0.1, -0.05) is 42.6 Å². The van der Waals surface area contributed by atoms with E-state index in [0.717, 1.165) is 5.33 Å². The Morgan fingerprint density at radius 3 is 1.53 bits per heavy atom. The summed E-state index contributed by atoms with van der Waals surface area (Å²) in [6.07, 6.45) is 9.60. The zero-order valence-electron chi connectivity index (χ0n) is 12.0. The lowest BCUT2D eigenvalue weighted by molar-refractivity contribution is -0.910. The van der Waals surface area contributed by atoms with Crippen molar-refractivity contribution in [2.75, 3.05) is 32.0 Å². The van der Waals surface area contributed by atoms with E-state index >= 15 is 0 Å². The highest BCUT2D eigenvalue weighted by Crippen LogP contribution is 2.12. The van der Waals surface area contributed by atoms with Crippen molar-refractivity contribution < 1.29 is 21.5 Å². The third-order valence-corrected chi connectivity index (χ3v) is 4.00. The van der Waals surface area contributed by atoms with Crippen molar-refractivity contribution in [1.82, 2.24) is 0 Å². The molecule has 0 atom stereocenters. The van der Waals surface area contributed by atoms with Crippen LogP contribution in [0.2, 0.25) is 0 Å². The molecule has 0 aromatic carbocycles. The van der Waals surface area contributed by atoms with Crippen LogP contribution in [0.4, 0.5) is 0 Å². The summed E-state index contributed by atoms with van der Waals surface area (Å²) in [5, 5.41) is 1.16. The van der Waals surface area contributed by atoms with Crippen molar-refractivity contribution in [3.8, 4) is 0 Å². The van der Waals surface area contributed by atoms with Crippen LogP contribution in [-0.4, -0.2) is 36.5 Å². The van der Waals surface area contributed by atoms with Gasteiger partial charge in [-0.15, -0.1) is 0 Å². The van der Waals surface area contributed by atoms with Crippen molar-refractivity contribution in [3.05, 3.63) is 0 Å². The van der Waals surface area contributed by atoms with Crippen LogP contribution in [0, 0.1) is 0 Å². The fraction of sp³-hybridized carbons (Fsp3) is 1.00. The third-order valence-electron chi connectivity index (χ3n) is 3.43. The van der Waals surface area contributed by atoms with Crippen molar-refractivity contribution in [3.63, 3.8) is 0 Å². The lowest BCUT2D eigenvalue weighted by Crippen LogP contribution is -3.00. The highest BCUT2D eigenvalue weighted by atomic mass is 79.9. The summed E-state index contributed by atoms with van der Waals surface area (Å²) in [4.78, 5) is 0. The molecule has 0 fully saturated rings. The molecule has 3 heteroatoms. The number of alkyl halides is 1. The van der Waals surface area contributed by atoms with E-state index in [-0.39, 0.29) is 17.0 Å². The van der Waals surface area contributed by atoms with E-state index in [9.17, 15) is 0 Å². The SMILES string of the molecule is CCCCC[N+](C)(CCCBr)CCCCC.[Br-]. The maximum Gasteiger partial charge on any atom is 0.0792 e. The first-order valence-corrected chi connectivity index (χ1v) is 8.20. The van der Waals surface area contributed by atoms with E-state index < -0.39 is 0 Å². The van der Waals surface area contributed by atoms with Gasteiger partial charge in [-0.05, 0) is 25.7 Å². The molecule has 106 valence electrons. The van der Waals surface area contributed by atoms with Crippen LogP contribution in [-0.2, 0) is 0 Å². The maximum atomic E-state index is 3.56. The van der Waals surface area contributed by atoms with E-state index in [4.69, 9.17) is 0 Å². The Morgan fingerprint density at radius 2 is 1.18 bits per heavy atom. The Balaban J connectivity index is 0. The Bertz CT molecular complexity index is 141. The number of rotatable bonds is 11. The zero-order chi connectivity index (χ0) is 12.3. The largest absolute Gasteiger partial charge is 1.00 e. The fourth-order valence-corrected chi connectivity index (χ4v) is 2.51. The first-order valence-electron chi connectivity index (χ1n) is 7.08. The molecule has 0 aliphatic carbocycles. The molecule has 0 rings (SSSR count). The summed E-state index contributed by atoms with van der Waals surface area (Å²) in [7, 11) is 2.45. The maximum absolute atomic E-state index is 3.56. The average Bonchev–Trinajstić information content (AvgIpc) is 2.27. The predicted molar refractivity (Wildman–Crippen MR) is 78.2 cm³/mol. The molecule has 0 aromatic heterocycles. The molecule has 0 spiro atoms. The van der Waals surface area contributed by atoms with E-state index in [2.05, 4.69) is 36.8 Å². The number of unbranched alkanes of at least 4 members (excludes halogenated alkanes) is 4. The average molecular weight is 373 g/mol. The lowest BCUT2D eigenvalue weighted by Gasteiger charge is -2.35. The Hall–Kier alpha value is 0.920. The number of hydrogen-bond acceptors (Lipinski definition) is 0. The van der Waals surface area contributed by atoms with Crippen LogP contribution >= 0.6 is 15.9 Å². The van der Waals surface area contributed by atoms with Crippen LogP contribution in [0.15, 0.2) is 0 Å². The summed E-state index contributed by atoms with van der Waals surface area (Å²) < 4.78 is 1.30. The van der Waals surface area contributed by atoms with Crippen LogP contribution in [0.25, 0.3) is 0 Å². The monoisotopic (exact) mass is 371 g/mol. The zero-order valence-corrected chi connectivity index (χ0v) is 15.2. The van der Waals surface area contributed by atoms with Crippen molar-refractivity contribution in [2.24, 2.45) is 0 Å².